The van der Waals surface area contributed by atoms with Crippen LogP contribution in [0.3, 0.4) is 0 Å². The second kappa shape index (κ2) is 4.73. The van der Waals surface area contributed by atoms with E-state index in [0.29, 0.717) is 16.5 Å². The van der Waals surface area contributed by atoms with Crippen LogP contribution in [-0.2, 0) is 4.74 Å². The summed E-state index contributed by atoms with van der Waals surface area (Å²) in [6, 6.07) is 5.45. The standard InChI is InChI=1S/C11H8BrClO2S/c1-2-15-11(14)9-4-6-3-7(13)5-8(12)10(6)16-9/h3-5H,2H2,1H3. The molecule has 2 nitrogen and oxygen atoms in total. The fourth-order valence-electron chi connectivity index (χ4n) is 1.38. The van der Waals surface area contributed by atoms with Crippen molar-refractivity contribution in [3.63, 3.8) is 0 Å². The van der Waals surface area contributed by atoms with E-state index in [1.54, 1.807) is 13.0 Å². The van der Waals surface area contributed by atoms with Crippen LogP contribution in [0.5, 0.6) is 0 Å². The van der Waals surface area contributed by atoms with Crippen molar-refractivity contribution < 1.29 is 9.53 Å². The molecule has 0 saturated heterocycles. The lowest BCUT2D eigenvalue weighted by molar-refractivity contribution is 0.0532. The highest BCUT2D eigenvalue weighted by atomic mass is 79.9. The van der Waals surface area contributed by atoms with E-state index in [0.717, 1.165) is 14.6 Å². The van der Waals surface area contributed by atoms with Crippen molar-refractivity contribution in [3.8, 4) is 0 Å². The summed E-state index contributed by atoms with van der Waals surface area (Å²) in [4.78, 5) is 12.1. The van der Waals surface area contributed by atoms with Crippen molar-refractivity contribution in [2.24, 2.45) is 0 Å². The molecule has 0 saturated carbocycles. The Hall–Kier alpha value is -0.580. The molecule has 1 aromatic heterocycles. The van der Waals surface area contributed by atoms with Crippen LogP contribution in [0.2, 0.25) is 5.02 Å². The maximum atomic E-state index is 11.6. The molecule has 0 aliphatic rings. The summed E-state index contributed by atoms with van der Waals surface area (Å²) in [5, 5.41) is 1.60. The Morgan fingerprint density at radius 1 is 1.50 bits per heavy atom. The number of hydrogen-bond donors (Lipinski definition) is 0. The lowest BCUT2D eigenvalue weighted by Crippen LogP contribution is -2.01. The fourth-order valence-corrected chi connectivity index (χ4v) is 3.40. The van der Waals surface area contributed by atoms with E-state index in [9.17, 15) is 4.79 Å². The molecule has 1 heterocycles. The van der Waals surface area contributed by atoms with Crippen LogP contribution in [-0.4, -0.2) is 12.6 Å². The van der Waals surface area contributed by atoms with Gasteiger partial charge in [0.25, 0.3) is 0 Å². The number of rotatable bonds is 2. The van der Waals surface area contributed by atoms with Gasteiger partial charge in [-0.2, -0.15) is 0 Å². The first-order valence-electron chi connectivity index (χ1n) is 4.67. The lowest BCUT2D eigenvalue weighted by atomic mass is 10.2. The van der Waals surface area contributed by atoms with Crippen molar-refractivity contribution in [3.05, 3.63) is 32.6 Å². The number of hydrogen-bond acceptors (Lipinski definition) is 3. The third-order valence-electron chi connectivity index (χ3n) is 2.01. The molecule has 0 bridgehead atoms. The minimum Gasteiger partial charge on any atom is -0.462 e. The van der Waals surface area contributed by atoms with Crippen molar-refractivity contribution in [2.45, 2.75) is 6.92 Å². The third-order valence-corrected chi connectivity index (χ3v) is 4.28. The molecule has 5 heteroatoms. The normalized spacial score (nSPS) is 10.7. The maximum absolute atomic E-state index is 11.6. The molecular formula is C11H8BrClO2S. The number of benzene rings is 1. The van der Waals surface area contributed by atoms with Gasteiger partial charge in [-0.3, -0.25) is 0 Å². The van der Waals surface area contributed by atoms with Crippen molar-refractivity contribution in [1.82, 2.24) is 0 Å². The van der Waals surface area contributed by atoms with Crippen LogP contribution < -0.4 is 0 Å². The molecule has 0 atom stereocenters. The number of halogens is 2. The smallest absolute Gasteiger partial charge is 0.348 e. The highest BCUT2D eigenvalue weighted by molar-refractivity contribution is 9.10. The van der Waals surface area contributed by atoms with E-state index in [1.807, 2.05) is 12.1 Å². The Bertz CT molecular complexity index is 550. The zero-order valence-electron chi connectivity index (χ0n) is 8.42. The number of ether oxygens (including phenoxy) is 1. The predicted molar refractivity (Wildman–Crippen MR) is 70.5 cm³/mol. The number of esters is 1. The first-order valence-corrected chi connectivity index (χ1v) is 6.66. The van der Waals surface area contributed by atoms with Crippen LogP contribution in [0.25, 0.3) is 10.1 Å². The van der Waals surface area contributed by atoms with E-state index >= 15 is 0 Å². The molecule has 84 valence electrons. The Labute approximate surface area is 110 Å². The van der Waals surface area contributed by atoms with E-state index in [-0.39, 0.29) is 5.97 Å². The molecule has 0 fully saturated rings. The zero-order valence-corrected chi connectivity index (χ0v) is 11.6. The van der Waals surface area contributed by atoms with Crippen LogP contribution in [0.1, 0.15) is 16.6 Å². The van der Waals surface area contributed by atoms with Gasteiger partial charge in [0, 0.05) is 14.2 Å². The molecule has 0 aliphatic carbocycles. The topological polar surface area (TPSA) is 26.3 Å². The maximum Gasteiger partial charge on any atom is 0.348 e. The summed E-state index contributed by atoms with van der Waals surface area (Å²) in [6.07, 6.45) is 0. The zero-order chi connectivity index (χ0) is 11.7. The molecule has 1 aromatic carbocycles. The fraction of sp³-hybridized carbons (Fsp3) is 0.182. The van der Waals surface area contributed by atoms with E-state index in [4.69, 9.17) is 16.3 Å². The number of thiophene rings is 1. The van der Waals surface area contributed by atoms with Crippen LogP contribution in [0.15, 0.2) is 22.7 Å². The monoisotopic (exact) mass is 318 g/mol. The summed E-state index contributed by atoms with van der Waals surface area (Å²) >= 11 is 10.8. The molecule has 0 unspecified atom stereocenters. The molecule has 0 spiro atoms. The molecule has 0 amide bonds. The highest BCUT2D eigenvalue weighted by Gasteiger charge is 2.13. The van der Waals surface area contributed by atoms with Gasteiger partial charge >= 0.3 is 5.97 Å². The van der Waals surface area contributed by atoms with Gasteiger partial charge < -0.3 is 4.74 Å². The predicted octanol–water partition coefficient (Wildman–Crippen LogP) is 4.49. The van der Waals surface area contributed by atoms with Gasteiger partial charge in [-0.05, 0) is 46.4 Å². The van der Waals surface area contributed by atoms with Crippen molar-refractivity contribution >= 4 is 54.9 Å². The Kier molecular flexibility index (Phi) is 3.52. The Balaban J connectivity index is 2.51. The average Bonchev–Trinajstić information content (AvgIpc) is 2.62. The molecular weight excluding hydrogens is 312 g/mol. The van der Waals surface area contributed by atoms with Gasteiger partial charge in [0.1, 0.15) is 4.88 Å². The number of carbonyl (C=O) groups is 1. The minimum atomic E-state index is -0.285. The summed E-state index contributed by atoms with van der Waals surface area (Å²) < 4.78 is 6.86. The second-order valence-electron chi connectivity index (χ2n) is 3.14. The summed E-state index contributed by atoms with van der Waals surface area (Å²) in [5.41, 5.74) is 0. The van der Waals surface area contributed by atoms with Crippen molar-refractivity contribution in [2.75, 3.05) is 6.61 Å². The molecule has 0 N–H and O–H groups in total. The van der Waals surface area contributed by atoms with E-state index in [1.165, 1.54) is 11.3 Å². The van der Waals surface area contributed by atoms with Crippen LogP contribution in [0, 0.1) is 0 Å². The first kappa shape index (κ1) is 11.9. The van der Waals surface area contributed by atoms with Crippen LogP contribution >= 0.6 is 38.9 Å². The first-order chi connectivity index (χ1) is 7.61. The molecule has 0 aliphatic heterocycles. The third kappa shape index (κ3) is 2.24. The summed E-state index contributed by atoms with van der Waals surface area (Å²) in [6.45, 7) is 2.17. The van der Waals surface area contributed by atoms with Gasteiger partial charge in [0.2, 0.25) is 0 Å². The van der Waals surface area contributed by atoms with Crippen LogP contribution in [0.4, 0.5) is 0 Å². The van der Waals surface area contributed by atoms with Gasteiger partial charge in [-0.25, -0.2) is 4.79 Å². The largest absolute Gasteiger partial charge is 0.462 e. The number of carbonyl (C=O) groups excluding carboxylic acids is 1. The van der Waals surface area contributed by atoms with Gasteiger partial charge in [0.05, 0.1) is 6.61 Å². The minimum absolute atomic E-state index is 0.285. The average molecular weight is 320 g/mol. The molecule has 2 aromatic rings. The lowest BCUT2D eigenvalue weighted by Gasteiger charge is -1.96. The SMILES string of the molecule is CCOC(=O)c1cc2cc(Cl)cc(Br)c2s1. The second-order valence-corrected chi connectivity index (χ2v) is 5.48. The van der Waals surface area contributed by atoms with E-state index in [2.05, 4.69) is 15.9 Å². The van der Waals surface area contributed by atoms with E-state index < -0.39 is 0 Å². The molecule has 16 heavy (non-hydrogen) atoms. The van der Waals surface area contributed by atoms with Gasteiger partial charge in [-0.15, -0.1) is 11.3 Å². The van der Waals surface area contributed by atoms with Gasteiger partial charge in [0.15, 0.2) is 0 Å². The Morgan fingerprint density at radius 3 is 2.94 bits per heavy atom. The van der Waals surface area contributed by atoms with Crippen molar-refractivity contribution in [1.29, 1.82) is 0 Å². The molecule has 2 rings (SSSR count). The Morgan fingerprint density at radius 2 is 2.25 bits per heavy atom. The highest BCUT2D eigenvalue weighted by Crippen LogP contribution is 2.34. The summed E-state index contributed by atoms with van der Waals surface area (Å²) in [5.74, 6) is -0.285. The quantitative estimate of drug-likeness (QED) is 0.762. The molecule has 0 radical (unpaired) electrons. The summed E-state index contributed by atoms with van der Waals surface area (Å²) in [7, 11) is 0. The van der Waals surface area contributed by atoms with Gasteiger partial charge in [-0.1, -0.05) is 11.6 Å². The number of fused-ring (bicyclic) bond motifs is 1.